The maximum atomic E-state index is 2.64. The quantitative estimate of drug-likeness (QED) is 0.634. The molecule has 2 atom stereocenters. The van der Waals surface area contributed by atoms with Gasteiger partial charge in [0.05, 0.1) is 0 Å². The van der Waals surface area contributed by atoms with Crippen molar-refractivity contribution in [3.63, 3.8) is 0 Å². The Morgan fingerprint density at radius 2 is 1.85 bits per heavy atom. The summed E-state index contributed by atoms with van der Waals surface area (Å²) in [5, 5.41) is 1.50. The van der Waals surface area contributed by atoms with E-state index >= 15 is 0 Å². The zero-order valence-corrected chi connectivity index (χ0v) is 16.1. The Kier molecular flexibility index (Phi) is 3.72. The Balaban J connectivity index is 1.60. The molecule has 2 aliphatic rings. The number of nitrogens with zero attached hydrogens (tertiary/aromatic N) is 2. The molecule has 0 spiro atoms. The second kappa shape index (κ2) is 5.99. The van der Waals surface area contributed by atoms with E-state index in [0.29, 0.717) is 6.04 Å². The third kappa shape index (κ3) is 2.43. The first kappa shape index (κ1) is 16.1. The number of hydrogen-bond donors (Lipinski definition) is 0. The fourth-order valence-electron chi connectivity index (χ4n) is 5.33. The highest BCUT2D eigenvalue weighted by molar-refractivity contribution is 5.87. The van der Waals surface area contributed by atoms with Crippen molar-refractivity contribution >= 4 is 10.9 Å². The fourth-order valence-corrected chi connectivity index (χ4v) is 5.33. The predicted octanol–water partition coefficient (Wildman–Crippen LogP) is 5.19. The van der Waals surface area contributed by atoms with E-state index in [2.05, 4.69) is 72.8 Å². The highest BCUT2D eigenvalue weighted by Crippen LogP contribution is 2.46. The van der Waals surface area contributed by atoms with Crippen LogP contribution >= 0.6 is 0 Å². The molecule has 2 aliphatic heterocycles. The van der Waals surface area contributed by atoms with E-state index in [9.17, 15) is 0 Å². The van der Waals surface area contributed by atoms with Crippen molar-refractivity contribution in [2.45, 2.75) is 58.2 Å². The molecule has 134 valence electrons. The molecule has 2 unspecified atom stereocenters. The maximum absolute atomic E-state index is 2.64. The van der Waals surface area contributed by atoms with Gasteiger partial charge in [-0.15, -0.1) is 0 Å². The topological polar surface area (TPSA) is 8.17 Å². The molecule has 2 bridgehead atoms. The number of rotatable bonds is 3. The first-order valence-corrected chi connectivity index (χ1v) is 10.0. The van der Waals surface area contributed by atoms with Gasteiger partial charge in [0.2, 0.25) is 0 Å². The Labute approximate surface area is 156 Å². The molecule has 0 saturated carbocycles. The van der Waals surface area contributed by atoms with Gasteiger partial charge in [-0.05, 0) is 63.4 Å². The van der Waals surface area contributed by atoms with Gasteiger partial charge >= 0.3 is 0 Å². The van der Waals surface area contributed by atoms with Crippen LogP contribution in [-0.2, 0) is 19.4 Å². The molecule has 0 aliphatic carbocycles. The second-order valence-electron chi connectivity index (χ2n) is 8.39. The summed E-state index contributed by atoms with van der Waals surface area (Å²) in [5.41, 5.74) is 8.86. The highest BCUT2D eigenvalue weighted by Gasteiger charge is 2.40. The Morgan fingerprint density at radius 1 is 1.00 bits per heavy atom. The van der Waals surface area contributed by atoms with Crippen molar-refractivity contribution in [3.8, 4) is 0 Å². The lowest BCUT2D eigenvalue weighted by Crippen LogP contribution is -2.34. The van der Waals surface area contributed by atoms with Gasteiger partial charge in [-0.3, -0.25) is 4.90 Å². The molecule has 3 aromatic rings. The zero-order chi connectivity index (χ0) is 17.8. The van der Waals surface area contributed by atoms with Crippen LogP contribution in [0, 0.1) is 13.8 Å². The summed E-state index contributed by atoms with van der Waals surface area (Å²) in [4.78, 5) is 2.63. The van der Waals surface area contributed by atoms with Crippen LogP contribution in [0.5, 0.6) is 0 Å². The molecule has 0 radical (unpaired) electrons. The van der Waals surface area contributed by atoms with Crippen LogP contribution < -0.4 is 0 Å². The SMILES string of the molecule is Cc1cccc(CCn2c3c(c4cc(C)ccc42)C2CCC(C3)N2C)c1. The molecule has 1 saturated heterocycles. The van der Waals surface area contributed by atoms with E-state index in [0.717, 1.165) is 19.0 Å². The van der Waals surface area contributed by atoms with Gasteiger partial charge in [-0.1, -0.05) is 41.5 Å². The van der Waals surface area contributed by atoms with Crippen molar-refractivity contribution in [1.82, 2.24) is 9.47 Å². The molecule has 0 amide bonds. The van der Waals surface area contributed by atoms with Gasteiger partial charge in [-0.25, -0.2) is 0 Å². The average Bonchev–Trinajstić information content (AvgIpc) is 3.03. The maximum Gasteiger partial charge on any atom is 0.0486 e. The third-order valence-electron chi connectivity index (χ3n) is 6.68. The van der Waals surface area contributed by atoms with E-state index < -0.39 is 0 Å². The van der Waals surface area contributed by atoms with Crippen LogP contribution in [0.4, 0.5) is 0 Å². The smallest absolute Gasteiger partial charge is 0.0486 e. The van der Waals surface area contributed by atoms with Crippen molar-refractivity contribution < 1.29 is 0 Å². The van der Waals surface area contributed by atoms with Gasteiger partial charge in [0.25, 0.3) is 0 Å². The van der Waals surface area contributed by atoms with E-state index in [1.54, 1.807) is 11.3 Å². The fraction of sp³-hybridized carbons (Fsp3) is 0.417. The molecule has 2 nitrogen and oxygen atoms in total. The van der Waals surface area contributed by atoms with Crippen molar-refractivity contribution in [2.75, 3.05) is 7.05 Å². The average molecular weight is 345 g/mol. The van der Waals surface area contributed by atoms with Crippen molar-refractivity contribution in [3.05, 3.63) is 70.4 Å². The molecule has 26 heavy (non-hydrogen) atoms. The van der Waals surface area contributed by atoms with E-state index in [-0.39, 0.29) is 0 Å². The van der Waals surface area contributed by atoms with Gasteiger partial charge in [-0.2, -0.15) is 0 Å². The van der Waals surface area contributed by atoms with Crippen LogP contribution in [-0.4, -0.2) is 22.6 Å². The van der Waals surface area contributed by atoms with Gasteiger partial charge in [0.15, 0.2) is 0 Å². The molecule has 3 heterocycles. The molecular weight excluding hydrogens is 316 g/mol. The number of likely N-dealkylation sites (N-methyl/N-ethyl adjacent to an activating group) is 1. The van der Waals surface area contributed by atoms with Crippen LogP contribution in [0.3, 0.4) is 0 Å². The molecular formula is C24H28N2. The van der Waals surface area contributed by atoms with Gasteiger partial charge < -0.3 is 4.57 Å². The van der Waals surface area contributed by atoms with E-state index in [1.165, 1.54) is 46.9 Å². The molecule has 1 fully saturated rings. The Morgan fingerprint density at radius 3 is 2.69 bits per heavy atom. The van der Waals surface area contributed by atoms with E-state index in [4.69, 9.17) is 0 Å². The van der Waals surface area contributed by atoms with Crippen LogP contribution in [0.1, 0.15) is 46.8 Å². The summed E-state index contributed by atoms with van der Waals surface area (Å²) in [7, 11) is 2.33. The second-order valence-corrected chi connectivity index (χ2v) is 8.39. The summed E-state index contributed by atoms with van der Waals surface area (Å²) >= 11 is 0. The Bertz CT molecular complexity index is 981. The van der Waals surface area contributed by atoms with Gasteiger partial charge in [0.1, 0.15) is 0 Å². The largest absolute Gasteiger partial charge is 0.344 e. The molecule has 5 rings (SSSR count). The third-order valence-corrected chi connectivity index (χ3v) is 6.68. The van der Waals surface area contributed by atoms with Crippen LogP contribution in [0.25, 0.3) is 10.9 Å². The summed E-state index contributed by atoms with van der Waals surface area (Å²) in [6.45, 7) is 5.49. The summed E-state index contributed by atoms with van der Waals surface area (Å²) < 4.78 is 2.64. The minimum atomic E-state index is 0.619. The lowest BCUT2D eigenvalue weighted by atomic mass is 9.97. The predicted molar refractivity (Wildman–Crippen MR) is 109 cm³/mol. The first-order chi connectivity index (χ1) is 12.6. The van der Waals surface area contributed by atoms with Crippen LogP contribution in [0.2, 0.25) is 0 Å². The molecule has 2 heteroatoms. The molecule has 2 aromatic carbocycles. The number of hydrogen-bond acceptors (Lipinski definition) is 1. The lowest BCUT2D eigenvalue weighted by molar-refractivity contribution is 0.222. The van der Waals surface area contributed by atoms with Crippen molar-refractivity contribution in [1.29, 1.82) is 0 Å². The normalized spacial score (nSPS) is 22.1. The number of benzene rings is 2. The van der Waals surface area contributed by atoms with Crippen molar-refractivity contribution in [2.24, 2.45) is 0 Å². The minimum absolute atomic E-state index is 0.619. The summed E-state index contributed by atoms with van der Waals surface area (Å²) in [5.74, 6) is 0. The Hall–Kier alpha value is -2.06. The monoisotopic (exact) mass is 344 g/mol. The van der Waals surface area contributed by atoms with Gasteiger partial charge in [0, 0.05) is 41.6 Å². The lowest BCUT2D eigenvalue weighted by Gasteiger charge is -2.32. The number of fused-ring (bicyclic) bond motifs is 6. The number of aryl methyl sites for hydroxylation is 4. The van der Waals surface area contributed by atoms with Crippen LogP contribution in [0.15, 0.2) is 42.5 Å². The van der Waals surface area contributed by atoms with E-state index in [1.807, 2.05) is 0 Å². The molecule has 0 N–H and O–H groups in total. The minimum Gasteiger partial charge on any atom is -0.344 e. The first-order valence-electron chi connectivity index (χ1n) is 10.0. The highest BCUT2D eigenvalue weighted by atomic mass is 15.2. The zero-order valence-electron chi connectivity index (χ0n) is 16.1. The summed E-state index contributed by atoms with van der Waals surface area (Å²) in [6.07, 6.45) is 4.99. The molecule has 1 aromatic heterocycles. The summed E-state index contributed by atoms with van der Waals surface area (Å²) in [6, 6.07) is 17.4. The number of aromatic nitrogens is 1. The standard InChI is InChI=1S/C24H28N2/c1-16-5-4-6-18(13-16)11-12-26-21-9-7-17(2)14-20(21)24-22-10-8-19(25(22)3)15-23(24)26/h4-7,9,13-14,19,22H,8,10-12,15H2,1-3H3.